The number of nitrogens with two attached hydrogens (primary N) is 1. The maximum absolute atomic E-state index is 13.7. The summed E-state index contributed by atoms with van der Waals surface area (Å²) in [6.45, 7) is 1.08. The van der Waals surface area contributed by atoms with Crippen molar-refractivity contribution in [2.24, 2.45) is 17.6 Å². The lowest BCUT2D eigenvalue weighted by atomic mass is 9.59. The Bertz CT molecular complexity index is 1340. The Morgan fingerprint density at radius 3 is 2.42 bits per heavy atom. The van der Waals surface area contributed by atoms with Crippen LogP contribution >= 0.6 is 0 Å². The van der Waals surface area contributed by atoms with Crippen molar-refractivity contribution in [3.8, 4) is 5.75 Å². The van der Waals surface area contributed by atoms with Crippen molar-refractivity contribution < 1.29 is 39.9 Å². The standard InChI is InChI=1S/C28H34N2O8/c1-12(31)20-18(32)11-15-8-14-9-16-17(30(2)3)10-13(4-5-19(33)27(29)6-7-27)23(34)22(16)24(35)21(14)26(37)28(15,38)25(20)36/h10,14-15,19,33-36,38H,4-9,11,29H2,1-3H3/t14-,15+,19?,28?/m1/s1. The highest BCUT2D eigenvalue weighted by Crippen LogP contribution is 2.53. The normalized spacial score (nSPS) is 28.5. The summed E-state index contributed by atoms with van der Waals surface area (Å²) in [5.74, 6) is -5.60. The van der Waals surface area contributed by atoms with E-state index in [0.717, 1.165) is 25.5 Å². The molecule has 4 aliphatic carbocycles. The van der Waals surface area contributed by atoms with Crippen LogP contribution in [0.3, 0.4) is 0 Å². The second kappa shape index (κ2) is 8.65. The van der Waals surface area contributed by atoms with E-state index in [9.17, 15) is 39.9 Å². The minimum absolute atomic E-state index is 0.0679. The fourth-order valence-corrected chi connectivity index (χ4v) is 6.48. The average molecular weight is 527 g/mol. The highest BCUT2D eigenvalue weighted by molar-refractivity contribution is 6.23. The monoisotopic (exact) mass is 526 g/mol. The van der Waals surface area contributed by atoms with Crippen LogP contribution in [0.2, 0.25) is 0 Å². The van der Waals surface area contributed by atoms with Gasteiger partial charge >= 0.3 is 0 Å². The summed E-state index contributed by atoms with van der Waals surface area (Å²) in [4.78, 5) is 40.2. The van der Waals surface area contributed by atoms with Crippen molar-refractivity contribution in [1.29, 1.82) is 0 Å². The zero-order valence-electron chi connectivity index (χ0n) is 21.7. The molecular weight excluding hydrogens is 492 g/mol. The number of aliphatic hydroxyl groups excluding tert-OH is 3. The van der Waals surface area contributed by atoms with Crippen molar-refractivity contribution in [2.75, 3.05) is 19.0 Å². The van der Waals surface area contributed by atoms with Gasteiger partial charge in [-0.3, -0.25) is 14.4 Å². The quantitative estimate of drug-likeness (QED) is 0.296. The van der Waals surface area contributed by atoms with E-state index >= 15 is 0 Å². The molecule has 10 nitrogen and oxygen atoms in total. The highest BCUT2D eigenvalue weighted by atomic mass is 16.3. The van der Waals surface area contributed by atoms with Crippen LogP contribution in [0.4, 0.5) is 5.69 Å². The second-order valence-electron chi connectivity index (χ2n) is 11.5. The molecule has 10 heteroatoms. The first-order valence-corrected chi connectivity index (χ1v) is 12.9. The number of benzene rings is 1. The van der Waals surface area contributed by atoms with Crippen molar-refractivity contribution in [1.82, 2.24) is 0 Å². The Morgan fingerprint density at radius 2 is 1.84 bits per heavy atom. The maximum atomic E-state index is 13.7. The fourth-order valence-electron chi connectivity index (χ4n) is 6.48. The van der Waals surface area contributed by atoms with Gasteiger partial charge in [0.05, 0.1) is 11.7 Å². The van der Waals surface area contributed by atoms with Gasteiger partial charge < -0.3 is 36.2 Å². The van der Waals surface area contributed by atoms with Gasteiger partial charge in [0.25, 0.3) is 0 Å². The number of carbonyl (C=O) groups is 3. The van der Waals surface area contributed by atoms with Gasteiger partial charge in [-0.25, -0.2) is 0 Å². The molecule has 38 heavy (non-hydrogen) atoms. The molecule has 5 rings (SSSR count). The number of phenols is 1. The Morgan fingerprint density at radius 1 is 1.18 bits per heavy atom. The third-order valence-corrected chi connectivity index (χ3v) is 8.88. The SMILES string of the molecule is CC(=O)C1=C(O)C2(O)C(=O)C3=C(O)c4c(O)c(CCC(O)C5(N)CC5)cc(N(C)C)c4C[C@H]3C[C@H]2CC1=O. The average Bonchev–Trinajstić information content (AvgIpc) is 3.58. The van der Waals surface area contributed by atoms with Gasteiger partial charge in [-0.1, -0.05) is 0 Å². The molecule has 2 saturated carbocycles. The molecule has 204 valence electrons. The molecular formula is C28H34N2O8. The molecule has 1 aromatic rings. The molecule has 7 N–H and O–H groups in total. The van der Waals surface area contributed by atoms with Crippen LogP contribution in [0, 0.1) is 11.8 Å². The third kappa shape index (κ3) is 3.69. The first-order chi connectivity index (χ1) is 17.7. The summed E-state index contributed by atoms with van der Waals surface area (Å²) in [5.41, 5.74) is 4.11. The van der Waals surface area contributed by atoms with Gasteiger partial charge in [-0.2, -0.15) is 0 Å². The number of hydrogen-bond acceptors (Lipinski definition) is 10. The van der Waals surface area contributed by atoms with E-state index in [2.05, 4.69) is 0 Å². The van der Waals surface area contributed by atoms with Crippen molar-refractivity contribution in [3.05, 3.63) is 39.7 Å². The number of fused-ring (bicyclic) bond motifs is 3. The number of hydrogen-bond donors (Lipinski definition) is 6. The first kappa shape index (κ1) is 26.4. The number of aliphatic hydroxyl groups is 4. The Balaban J connectivity index is 1.62. The molecule has 0 radical (unpaired) electrons. The molecule has 2 unspecified atom stereocenters. The third-order valence-electron chi connectivity index (χ3n) is 8.88. The summed E-state index contributed by atoms with van der Waals surface area (Å²) in [7, 11) is 3.63. The summed E-state index contributed by atoms with van der Waals surface area (Å²) >= 11 is 0. The number of phenolic OH excluding ortho intramolecular Hbond substituents is 1. The number of anilines is 1. The number of carbonyl (C=O) groups excluding carboxylic acids is 3. The molecule has 1 aromatic carbocycles. The van der Waals surface area contributed by atoms with Crippen LogP contribution in [-0.4, -0.2) is 74.2 Å². The summed E-state index contributed by atoms with van der Waals surface area (Å²) < 4.78 is 0. The molecule has 4 aliphatic rings. The summed E-state index contributed by atoms with van der Waals surface area (Å²) in [6, 6.07) is 1.80. The number of nitrogens with zero attached hydrogens (tertiary/aromatic N) is 1. The van der Waals surface area contributed by atoms with E-state index in [1.807, 2.05) is 19.0 Å². The zero-order valence-corrected chi connectivity index (χ0v) is 21.7. The van der Waals surface area contributed by atoms with E-state index in [-0.39, 0.29) is 42.6 Å². The zero-order chi connectivity index (χ0) is 27.9. The van der Waals surface area contributed by atoms with Gasteiger partial charge in [-0.15, -0.1) is 0 Å². The Kier molecular flexibility index (Phi) is 6.01. The van der Waals surface area contributed by atoms with Crippen LogP contribution < -0.4 is 10.6 Å². The van der Waals surface area contributed by atoms with Crippen LogP contribution in [0.15, 0.2) is 23.0 Å². The van der Waals surface area contributed by atoms with E-state index < -0.39 is 63.5 Å². The number of allylic oxidation sites excluding steroid dienone is 1. The molecule has 0 saturated heterocycles. The van der Waals surface area contributed by atoms with Gasteiger partial charge in [0.1, 0.15) is 22.8 Å². The smallest absolute Gasteiger partial charge is 0.202 e. The minimum Gasteiger partial charge on any atom is -0.508 e. The summed E-state index contributed by atoms with van der Waals surface area (Å²) in [6.07, 6.45) is 1.37. The van der Waals surface area contributed by atoms with E-state index in [4.69, 9.17) is 5.73 Å². The molecule has 0 spiro atoms. The van der Waals surface area contributed by atoms with Crippen molar-refractivity contribution in [3.63, 3.8) is 0 Å². The molecule has 4 atom stereocenters. The topological polar surface area (TPSA) is 182 Å². The number of ketones is 3. The minimum atomic E-state index is -2.52. The summed E-state index contributed by atoms with van der Waals surface area (Å²) in [5, 5.41) is 55.4. The fraction of sp³-hybridized carbons (Fsp3) is 0.536. The largest absolute Gasteiger partial charge is 0.508 e. The maximum Gasteiger partial charge on any atom is 0.202 e. The lowest BCUT2D eigenvalue weighted by molar-refractivity contribution is -0.147. The number of aromatic hydroxyl groups is 1. The van der Waals surface area contributed by atoms with Crippen molar-refractivity contribution >= 4 is 28.8 Å². The molecule has 0 heterocycles. The highest BCUT2D eigenvalue weighted by Gasteiger charge is 2.60. The molecule has 2 fully saturated rings. The Labute approximate surface area is 220 Å². The molecule has 0 amide bonds. The predicted octanol–water partition coefficient (Wildman–Crippen LogP) is 1.38. The van der Waals surface area contributed by atoms with Crippen LogP contribution in [-0.2, 0) is 27.2 Å². The number of Topliss-reactive ketones (excluding diaryl/α,β-unsaturated/α-hetero) is 3. The van der Waals surface area contributed by atoms with Gasteiger partial charge in [-0.05, 0) is 68.6 Å². The lowest BCUT2D eigenvalue weighted by Crippen LogP contribution is -2.57. The van der Waals surface area contributed by atoms with E-state index in [1.54, 1.807) is 6.07 Å². The number of aryl methyl sites for hydroxylation is 1. The molecule has 0 bridgehead atoms. The predicted molar refractivity (Wildman–Crippen MR) is 138 cm³/mol. The first-order valence-electron chi connectivity index (χ1n) is 12.9. The van der Waals surface area contributed by atoms with Gasteiger partial charge in [0.15, 0.2) is 17.2 Å². The van der Waals surface area contributed by atoms with Crippen LogP contribution in [0.25, 0.3) is 5.76 Å². The molecule has 0 aliphatic heterocycles. The molecule has 0 aromatic heterocycles. The van der Waals surface area contributed by atoms with Crippen molar-refractivity contribution in [2.45, 2.75) is 69.1 Å². The number of rotatable bonds is 6. The Hall–Kier alpha value is -3.21. The second-order valence-corrected chi connectivity index (χ2v) is 11.5. The van der Waals surface area contributed by atoms with Crippen LogP contribution in [0.1, 0.15) is 55.7 Å². The van der Waals surface area contributed by atoms with E-state index in [0.29, 0.717) is 17.5 Å². The van der Waals surface area contributed by atoms with E-state index in [1.165, 1.54) is 0 Å². The van der Waals surface area contributed by atoms with Gasteiger partial charge in [0.2, 0.25) is 5.78 Å². The lowest BCUT2D eigenvalue weighted by Gasteiger charge is -2.46. The van der Waals surface area contributed by atoms with Gasteiger partial charge in [0, 0.05) is 43.2 Å². The van der Waals surface area contributed by atoms with Crippen LogP contribution in [0.5, 0.6) is 5.75 Å².